The Morgan fingerprint density at radius 1 is 1.58 bits per heavy atom. The Kier molecular flexibility index (Phi) is 3.29. The summed E-state index contributed by atoms with van der Waals surface area (Å²) in [5.41, 5.74) is 3.72. The zero-order chi connectivity index (χ0) is 9.78. The van der Waals surface area contributed by atoms with Gasteiger partial charge >= 0.3 is 11.9 Å². The second-order valence-corrected chi connectivity index (χ2v) is 1.91. The monoisotopic (exact) mass is 178 g/mol. The molecule has 0 aromatic rings. The number of halogens is 3. The molecule has 0 aromatic heterocycles. The standard InChI is InChI=1S/C6H7F3N3/c1-4(10)12-3-5(11-2)6(7,8)9/h2-3H,1H3,(H2,10,12)/q+1. The van der Waals surface area contributed by atoms with Gasteiger partial charge in [0.1, 0.15) is 6.20 Å². The first-order valence-electron chi connectivity index (χ1n) is 2.86. The molecule has 3 nitrogen and oxygen atoms in total. The number of hydrogen-bond donors (Lipinski definition) is 1. The van der Waals surface area contributed by atoms with E-state index in [4.69, 9.17) is 5.73 Å². The summed E-state index contributed by atoms with van der Waals surface area (Å²) in [5.74, 6) is 0.000370. The molecule has 12 heavy (non-hydrogen) atoms. The first-order chi connectivity index (χ1) is 5.38. The third-order valence-electron chi connectivity index (χ3n) is 0.820. The molecule has 0 amide bonds. The van der Waals surface area contributed by atoms with Gasteiger partial charge in [0, 0.05) is 0 Å². The molecule has 0 aliphatic heterocycles. The van der Waals surface area contributed by atoms with Crippen LogP contribution in [0.2, 0.25) is 0 Å². The second kappa shape index (κ2) is 3.76. The van der Waals surface area contributed by atoms with Crippen LogP contribution in [0.5, 0.6) is 0 Å². The normalized spacial score (nSPS) is 14.2. The van der Waals surface area contributed by atoms with E-state index in [1.807, 2.05) is 0 Å². The molecule has 0 bridgehead atoms. The summed E-state index contributed by atoms with van der Waals surface area (Å²) in [6.07, 6.45) is -4.12. The summed E-state index contributed by atoms with van der Waals surface area (Å²) in [4.78, 5) is 5.71. The van der Waals surface area contributed by atoms with Crippen LogP contribution in [0.4, 0.5) is 13.2 Å². The Bertz CT molecular complexity index is 252. The van der Waals surface area contributed by atoms with Crippen LogP contribution in [0.25, 0.3) is 4.85 Å². The largest absolute Gasteiger partial charge is 0.498 e. The molecular weight excluding hydrogens is 171 g/mol. The minimum atomic E-state index is -4.59. The van der Waals surface area contributed by atoms with Gasteiger partial charge in [-0.15, -0.1) is 0 Å². The maximum absolute atomic E-state index is 11.8. The summed E-state index contributed by atoms with van der Waals surface area (Å²) < 4.78 is 35.5. The van der Waals surface area contributed by atoms with E-state index in [0.29, 0.717) is 6.20 Å². The molecule has 66 valence electrons. The lowest BCUT2D eigenvalue weighted by atomic mass is 10.5. The predicted octanol–water partition coefficient (Wildman–Crippen LogP) is 1.73. The lowest BCUT2D eigenvalue weighted by Crippen LogP contribution is -2.09. The third-order valence-corrected chi connectivity index (χ3v) is 0.820. The second-order valence-electron chi connectivity index (χ2n) is 1.91. The first-order valence-corrected chi connectivity index (χ1v) is 2.86. The van der Waals surface area contributed by atoms with E-state index < -0.39 is 11.9 Å². The molecule has 0 heterocycles. The van der Waals surface area contributed by atoms with E-state index >= 15 is 0 Å². The number of rotatable bonds is 1. The van der Waals surface area contributed by atoms with Gasteiger partial charge in [-0.05, 0) is 11.8 Å². The van der Waals surface area contributed by atoms with Crippen molar-refractivity contribution >= 4 is 5.84 Å². The zero-order valence-corrected chi connectivity index (χ0v) is 6.26. The molecule has 0 aromatic carbocycles. The molecule has 0 saturated heterocycles. The highest BCUT2D eigenvalue weighted by atomic mass is 19.4. The highest BCUT2D eigenvalue weighted by molar-refractivity contribution is 5.78. The molecule has 0 aliphatic carbocycles. The number of nitrogens with two attached hydrogens (primary N) is 1. The van der Waals surface area contributed by atoms with Crippen molar-refractivity contribution in [3.63, 3.8) is 0 Å². The lowest BCUT2D eigenvalue weighted by Gasteiger charge is -1.93. The number of nitrogens with zero attached hydrogens (tertiary/aromatic N) is 2. The maximum Gasteiger partial charge on any atom is 0.498 e. The Hall–Kier alpha value is -1.51. The van der Waals surface area contributed by atoms with Crippen molar-refractivity contribution in [2.45, 2.75) is 13.1 Å². The van der Waals surface area contributed by atoms with Crippen molar-refractivity contribution < 1.29 is 13.2 Å². The Morgan fingerprint density at radius 3 is 2.33 bits per heavy atom. The van der Waals surface area contributed by atoms with Crippen molar-refractivity contribution in [2.24, 2.45) is 10.7 Å². The highest BCUT2D eigenvalue weighted by Gasteiger charge is 2.43. The first kappa shape index (κ1) is 10.5. The van der Waals surface area contributed by atoms with Crippen LogP contribution in [0, 0.1) is 6.57 Å². The van der Waals surface area contributed by atoms with Crippen LogP contribution in [-0.4, -0.2) is 12.0 Å². The molecule has 2 N–H and O–H groups in total. The lowest BCUT2D eigenvalue weighted by molar-refractivity contribution is -0.0885. The van der Waals surface area contributed by atoms with E-state index in [9.17, 15) is 13.2 Å². The van der Waals surface area contributed by atoms with E-state index in [1.165, 1.54) is 6.92 Å². The van der Waals surface area contributed by atoms with Gasteiger partial charge in [-0.25, -0.2) is 4.99 Å². The average Bonchev–Trinajstić information content (AvgIpc) is 1.85. The molecule has 0 rings (SSSR count). The third kappa shape index (κ3) is 3.61. The quantitative estimate of drug-likeness (QED) is 0.482. The van der Waals surface area contributed by atoms with Crippen molar-refractivity contribution in [1.82, 2.24) is 0 Å². The van der Waals surface area contributed by atoms with Crippen LogP contribution in [-0.2, 0) is 0 Å². The molecule has 0 radical (unpaired) electrons. The van der Waals surface area contributed by atoms with Gasteiger partial charge in [-0.2, -0.15) is 13.2 Å². The minimum Gasteiger partial charge on any atom is -0.387 e. The molecule has 0 atom stereocenters. The van der Waals surface area contributed by atoms with Crippen molar-refractivity contribution in [2.75, 3.05) is 0 Å². The minimum absolute atomic E-state index is 0.000370. The number of aliphatic imine (C=N–C) groups is 1. The van der Waals surface area contributed by atoms with Gasteiger partial charge in [0.15, 0.2) is 0 Å². The van der Waals surface area contributed by atoms with Gasteiger partial charge in [-0.3, -0.25) is 0 Å². The molecular formula is C6H7F3N3+. The molecule has 0 aliphatic rings. The van der Waals surface area contributed by atoms with Crippen molar-refractivity contribution in [1.29, 1.82) is 0 Å². The van der Waals surface area contributed by atoms with Crippen LogP contribution in [0.15, 0.2) is 16.9 Å². The SMILES string of the molecule is C#[N+]C(=CN=C(C)N)C(F)(F)F. The Morgan fingerprint density at radius 2 is 2.08 bits per heavy atom. The van der Waals surface area contributed by atoms with E-state index in [2.05, 4.69) is 16.4 Å². The fourth-order valence-electron chi connectivity index (χ4n) is 0.343. The highest BCUT2D eigenvalue weighted by Crippen LogP contribution is 2.26. The summed E-state index contributed by atoms with van der Waals surface area (Å²) in [6.45, 7) is 5.82. The maximum atomic E-state index is 11.8. The zero-order valence-electron chi connectivity index (χ0n) is 6.26. The predicted molar refractivity (Wildman–Crippen MR) is 39.7 cm³/mol. The Balaban J connectivity index is 4.72. The van der Waals surface area contributed by atoms with Crippen molar-refractivity contribution in [3.05, 3.63) is 16.7 Å². The van der Waals surface area contributed by atoms with E-state index in [-0.39, 0.29) is 5.84 Å². The number of allylic oxidation sites excluding steroid dienone is 1. The summed E-state index contributed by atoms with van der Waals surface area (Å²) in [5, 5.41) is 0. The number of amidine groups is 1. The van der Waals surface area contributed by atoms with Crippen LogP contribution >= 0.6 is 0 Å². The molecule has 0 spiro atoms. The summed E-state index contributed by atoms with van der Waals surface area (Å²) >= 11 is 0. The van der Waals surface area contributed by atoms with E-state index in [1.54, 1.807) is 0 Å². The van der Waals surface area contributed by atoms with Crippen molar-refractivity contribution in [3.8, 4) is 6.57 Å². The van der Waals surface area contributed by atoms with Gasteiger partial charge in [0.25, 0.3) is 6.57 Å². The van der Waals surface area contributed by atoms with E-state index in [0.717, 1.165) is 0 Å². The summed E-state index contributed by atoms with van der Waals surface area (Å²) in [6, 6.07) is 0. The van der Waals surface area contributed by atoms with Gasteiger partial charge in [0.05, 0.1) is 5.84 Å². The smallest absolute Gasteiger partial charge is 0.387 e. The van der Waals surface area contributed by atoms with Crippen LogP contribution in [0.1, 0.15) is 6.92 Å². The molecule has 0 unspecified atom stereocenters. The van der Waals surface area contributed by atoms with Gasteiger partial charge in [-0.1, -0.05) is 0 Å². The molecule has 6 heteroatoms. The fraction of sp³-hybridized carbons (Fsp3) is 0.333. The number of alkyl halides is 3. The van der Waals surface area contributed by atoms with Gasteiger partial charge in [0.2, 0.25) is 0 Å². The fourth-order valence-corrected chi connectivity index (χ4v) is 0.343. The molecule has 0 fully saturated rings. The van der Waals surface area contributed by atoms with Crippen LogP contribution < -0.4 is 5.73 Å². The van der Waals surface area contributed by atoms with Gasteiger partial charge < -0.3 is 5.73 Å². The Labute approximate surface area is 67.2 Å². The summed E-state index contributed by atoms with van der Waals surface area (Å²) in [7, 11) is 0. The molecule has 0 saturated carbocycles. The van der Waals surface area contributed by atoms with Crippen LogP contribution in [0.3, 0.4) is 0 Å². The average molecular weight is 178 g/mol. The topological polar surface area (TPSA) is 42.7 Å². The number of hydrogen-bond acceptors (Lipinski definition) is 1.